The average molecular weight is 354 g/mol. The fourth-order valence-corrected chi connectivity index (χ4v) is 2.37. The quantitative estimate of drug-likeness (QED) is 0.386. The molecule has 0 fully saturated rings. The van der Waals surface area contributed by atoms with Gasteiger partial charge in [-0.2, -0.15) is 0 Å². The molecule has 1 unspecified atom stereocenters. The second kappa shape index (κ2) is 5.51. The fraction of sp³-hybridized carbons (Fsp3) is 0.0769. The number of hydrogen-bond donors (Lipinski definition) is 0. The molecule has 2 rings (SSSR count). The first-order chi connectivity index (χ1) is 8.90. The molecule has 0 nitrogen and oxygen atoms in total. The van der Waals surface area contributed by atoms with Crippen LogP contribution < -0.4 is 0 Å². The molecule has 2 aromatic carbocycles. The molecule has 2 aromatic rings. The highest BCUT2D eigenvalue weighted by Crippen LogP contribution is 2.34. The molecule has 6 heteroatoms. The third-order valence-electron chi connectivity index (χ3n) is 2.55. The van der Waals surface area contributed by atoms with Crippen LogP contribution in [-0.4, -0.2) is 0 Å². The normalized spacial score (nSPS) is 12.5. The van der Waals surface area contributed by atoms with Gasteiger partial charge in [-0.3, -0.25) is 0 Å². The van der Waals surface area contributed by atoms with Crippen LogP contribution in [0.25, 0.3) is 0 Å². The van der Waals surface area contributed by atoms with Crippen LogP contribution in [0.2, 0.25) is 5.02 Å². The lowest BCUT2D eigenvalue weighted by Gasteiger charge is -2.12. The first kappa shape index (κ1) is 14.3. The third-order valence-corrected chi connectivity index (χ3v) is 3.86. The molecule has 0 radical (unpaired) electrons. The maximum Gasteiger partial charge on any atom is 0.159 e. The SMILES string of the molecule is Fc1ccc(C(Br)c2cc(F)c(Cl)cc2F)cc1F. The van der Waals surface area contributed by atoms with E-state index in [1.807, 2.05) is 0 Å². The smallest absolute Gasteiger partial charge is 0.159 e. The van der Waals surface area contributed by atoms with Crippen LogP contribution in [0, 0.1) is 23.3 Å². The molecule has 0 saturated heterocycles. The summed E-state index contributed by atoms with van der Waals surface area (Å²) >= 11 is 8.57. The Kier molecular flexibility index (Phi) is 4.16. The van der Waals surface area contributed by atoms with Gasteiger partial charge in [0, 0.05) is 5.56 Å². The molecule has 0 aliphatic heterocycles. The van der Waals surface area contributed by atoms with E-state index in [9.17, 15) is 17.6 Å². The summed E-state index contributed by atoms with van der Waals surface area (Å²) < 4.78 is 53.0. The summed E-state index contributed by atoms with van der Waals surface area (Å²) in [4.78, 5) is -0.811. The largest absolute Gasteiger partial charge is 0.207 e. The van der Waals surface area contributed by atoms with Gasteiger partial charge in [0.15, 0.2) is 11.6 Å². The minimum absolute atomic E-state index is 0.0482. The summed E-state index contributed by atoms with van der Waals surface area (Å²) in [5, 5.41) is -0.341. The summed E-state index contributed by atoms with van der Waals surface area (Å²) in [5.74, 6) is -3.59. The van der Waals surface area contributed by atoms with Crippen LogP contribution >= 0.6 is 27.5 Å². The van der Waals surface area contributed by atoms with Crippen LogP contribution in [0.5, 0.6) is 0 Å². The Balaban J connectivity index is 2.46. The van der Waals surface area contributed by atoms with Gasteiger partial charge in [-0.25, -0.2) is 17.6 Å². The number of rotatable bonds is 2. The zero-order valence-corrected chi connectivity index (χ0v) is 11.6. The lowest BCUT2D eigenvalue weighted by Crippen LogP contribution is -1.99. The Bertz CT molecular complexity index is 630. The maximum atomic E-state index is 13.7. The first-order valence-corrected chi connectivity index (χ1v) is 6.43. The van der Waals surface area contributed by atoms with Gasteiger partial charge in [-0.1, -0.05) is 33.6 Å². The topological polar surface area (TPSA) is 0 Å². The summed E-state index contributed by atoms with van der Waals surface area (Å²) in [6.45, 7) is 0. The zero-order chi connectivity index (χ0) is 14.2. The molecule has 0 aromatic heterocycles. The Labute approximate surface area is 120 Å². The van der Waals surface area contributed by atoms with Crippen LogP contribution in [-0.2, 0) is 0 Å². The minimum atomic E-state index is -1.06. The van der Waals surface area contributed by atoms with Gasteiger partial charge in [0.1, 0.15) is 11.6 Å². The van der Waals surface area contributed by atoms with Gasteiger partial charge in [0.2, 0.25) is 0 Å². The van der Waals surface area contributed by atoms with E-state index in [0.717, 1.165) is 24.3 Å². The Morgan fingerprint density at radius 2 is 1.53 bits per heavy atom. The van der Waals surface area contributed by atoms with Crippen molar-refractivity contribution in [1.82, 2.24) is 0 Å². The molecular weight excluding hydrogens is 347 g/mol. The van der Waals surface area contributed by atoms with Crippen LogP contribution in [0.1, 0.15) is 16.0 Å². The van der Waals surface area contributed by atoms with E-state index >= 15 is 0 Å². The Morgan fingerprint density at radius 3 is 2.16 bits per heavy atom. The molecule has 0 heterocycles. The molecule has 0 aliphatic rings. The van der Waals surface area contributed by atoms with Crippen molar-refractivity contribution < 1.29 is 17.6 Å². The van der Waals surface area contributed by atoms with Crippen molar-refractivity contribution >= 4 is 27.5 Å². The summed E-state index contributed by atoms with van der Waals surface area (Å²) in [5.41, 5.74) is 0.215. The van der Waals surface area contributed by atoms with E-state index in [-0.39, 0.29) is 16.1 Å². The summed E-state index contributed by atoms with van der Waals surface area (Å²) in [6, 6.07) is 4.87. The second-order valence-corrected chi connectivity index (χ2v) is 5.15. The van der Waals surface area contributed by atoms with Crippen molar-refractivity contribution in [1.29, 1.82) is 0 Å². The van der Waals surface area contributed by atoms with Crippen molar-refractivity contribution in [3.05, 3.63) is 69.8 Å². The standard InChI is InChI=1S/C13H6BrClF4/c14-13(6-1-2-9(16)12(19)3-6)7-4-11(18)8(15)5-10(7)17/h1-5,13H. The average Bonchev–Trinajstić information content (AvgIpc) is 2.36. The Hall–Kier alpha value is -1.07. The van der Waals surface area contributed by atoms with Gasteiger partial charge >= 0.3 is 0 Å². The van der Waals surface area contributed by atoms with E-state index in [0.29, 0.717) is 0 Å². The molecule has 0 N–H and O–H groups in total. The molecule has 0 aliphatic carbocycles. The number of hydrogen-bond acceptors (Lipinski definition) is 0. The van der Waals surface area contributed by atoms with Crippen molar-refractivity contribution in [2.45, 2.75) is 4.83 Å². The van der Waals surface area contributed by atoms with Crippen LogP contribution in [0.15, 0.2) is 30.3 Å². The van der Waals surface area contributed by atoms with Crippen molar-refractivity contribution in [3.63, 3.8) is 0 Å². The molecular formula is C13H6BrClF4. The number of alkyl halides is 1. The van der Waals surface area contributed by atoms with Crippen molar-refractivity contribution in [3.8, 4) is 0 Å². The molecule has 19 heavy (non-hydrogen) atoms. The highest BCUT2D eigenvalue weighted by molar-refractivity contribution is 9.09. The van der Waals surface area contributed by atoms with Crippen LogP contribution in [0.4, 0.5) is 17.6 Å². The third kappa shape index (κ3) is 2.92. The van der Waals surface area contributed by atoms with E-state index in [4.69, 9.17) is 11.6 Å². The predicted molar refractivity (Wildman–Crippen MR) is 68.5 cm³/mol. The van der Waals surface area contributed by atoms with E-state index in [1.165, 1.54) is 6.07 Å². The molecule has 0 spiro atoms. The lowest BCUT2D eigenvalue weighted by atomic mass is 10.0. The molecule has 0 bridgehead atoms. The van der Waals surface area contributed by atoms with Gasteiger partial charge in [-0.05, 0) is 29.8 Å². The highest BCUT2D eigenvalue weighted by Gasteiger charge is 2.19. The predicted octanol–water partition coefficient (Wildman–Crippen LogP) is 5.38. The molecule has 1 atom stereocenters. The fourth-order valence-electron chi connectivity index (χ4n) is 1.58. The van der Waals surface area contributed by atoms with Gasteiger partial charge in [-0.15, -0.1) is 0 Å². The number of benzene rings is 2. The van der Waals surface area contributed by atoms with Crippen molar-refractivity contribution in [2.75, 3.05) is 0 Å². The van der Waals surface area contributed by atoms with Gasteiger partial charge < -0.3 is 0 Å². The van der Waals surface area contributed by atoms with Gasteiger partial charge in [0.25, 0.3) is 0 Å². The lowest BCUT2D eigenvalue weighted by molar-refractivity contribution is 0.507. The van der Waals surface area contributed by atoms with E-state index in [1.54, 1.807) is 0 Å². The molecule has 0 saturated carbocycles. The van der Waals surface area contributed by atoms with E-state index < -0.39 is 28.1 Å². The summed E-state index contributed by atoms with van der Waals surface area (Å²) in [6.07, 6.45) is 0. The first-order valence-electron chi connectivity index (χ1n) is 5.13. The maximum absolute atomic E-state index is 13.7. The molecule has 100 valence electrons. The van der Waals surface area contributed by atoms with E-state index in [2.05, 4.69) is 15.9 Å². The highest BCUT2D eigenvalue weighted by atomic mass is 79.9. The number of halogens is 6. The Morgan fingerprint density at radius 1 is 0.842 bits per heavy atom. The van der Waals surface area contributed by atoms with Crippen molar-refractivity contribution in [2.24, 2.45) is 0 Å². The molecule has 0 amide bonds. The minimum Gasteiger partial charge on any atom is -0.207 e. The van der Waals surface area contributed by atoms with Crippen LogP contribution in [0.3, 0.4) is 0 Å². The zero-order valence-electron chi connectivity index (χ0n) is 9.23. The summed E-state index contributed by atoms with van der Waals surface area (Å²) in [7, 11) is 0. The monoisotopic (exact) mass is 352 g/mol. The van der Waals surface area contributed by atoms with Gasteiger partial charge in [0.05, 0.1) is 9.85 Å². The second-order valence-electron chi connectivity index (χ2n) is 3.82.